The largest absolute Gasteiger partial charge is 0.376 e. The van der Waals surface area contributed by atoms with Gasteiger partial charge in [-0.3, -0.25) is 14.5 Å². The predicted octanol–water partition coefficient (Wildman–Crippen LogP) is 2.05. The second kappa shape index (κ2) is 8.76. The number of fused-ring (bicyclic) bond motifs is 1. The molecule has 0 aromatic carbocycles. The number of ether oxygens (including phenoxy) is 1. The highest BCUT2D eigenvalue weighted by molar-refractivity contribution is 5.76. The Morgan fingerprint density at radius 3 is 3.08 bits per heavy atom. The van der Waals surface area contributed by atoms with E-state index in [0.717, 1.165) is 43.8 Å². The second-order valence-electron chi connectivity index (χ2n) is 6.32. The highest BCUT2D eigenvalue weighted by Crippen LogP contribution is 2.22. The zero-order chi connectivity index (χ0) is 17.5. The van der Waals surface area contributed by atoms with Crippen molar-refractivity contribution >= 4 is 5.91 Å². The molecule has 1 amide bonds. The fraction of sp³-hybridized carbons (Fsp3) is 0.526. The lowest BCUT2D eigenvalue weighted by molar-refractivity contribution is -0.121. The Morgan fingerprint density at radius 2 is 2.28 bits per heavy atom. The first-order valence-electron chi connectivity index (χ1n) is 9.09. The number of rotatable bonds is 8. The van der Waals surface area contributed by atoms with E-state index in [1.807, 2.05) is 18.2 Å². The summed E-state index contributed by atoms with van der Waals surface area (Å²) in [4.78, 5) is 16.4. The van der Waals surface area contributed by atoms with Crippen molar-refractivity contribution in [2.75, 3.05) is 13.2 Å². The van der Waals surface area contributed by atoms with Crippen LogP contribution in [0.2, 0.25) is 0 Å². The summed E-state index contributed by atoms with van der Waals surface area (Å²) in [5, 5.41) is 7.70. The van der Waals surface area contributed by atoms with Crippen LogP contribution in [0.1, 0.15) is 42.4 Å². The van der Waals surface area contributed by atoms with E-state index in [-0.39, 0.29) is 5.91 Å². The Labute approximate surface area is 148 Å². The fourth-order valence-corrected chi connectivity index (χ4v) is 3.17. The normalized spacial score (nSPS) is 13.5. The molecule has 1 N–H and O–H groups in total. The molecule has 0 atom stereocenters. The van der Waals surface area contributed by atoms with E-state index in [2.05, 4.69) is 21.9 Å². The maximum Gasteiger partial charge on any atom is 0.220 e. The lowest BCUT2D eigenvalue weighted by atomic mass is 10.1. The third-order valence-corrected chi connectivity index (χ3v) is 4.43. The van der Waals surface area contributed by atoms with Crippen molar-refractivity contribution in [3.63, 3.8) is 0 Å². The van der Waals surface area contributed by atoms with Gasteiger partial charge in [0.05, 0.1) is 18.9 Å². The molecule has 0 aliphatic carbocycles. The zero-order valence-corrected chi connectivity index (χ0v) is 14.8. The van der Waals surface area contributed by atoms with Crippen LogP contribution in [0, 0.1) is 0 Å². The zero-order valence-electron chi connectivity index (χ0n) is 14.8. The molecule has 134 valence electrons. The molecule has 0 fully saturated rings. The van der Waals surface area contributed by atoms with Gasteiger partial charge in [0.15, 0.2) is 0 Å². The summed E-state index contributed by atoms with van der Waals surface area (Å²) in [6.45, 7) is 5.08. The Morgan fingerprint density at radius 1 is 1.36 bits per heavy atom. The molecule has 0 saturated heterocycles. The Bertz CT molecular complexity index is 697. The molecule has 6 heteroatoms. The number of amides is 1. The lowest BCUT2D eigenvalue weighted by Crippen LogP contribution is -2.26. The Hall–Kier alpha value is -2.21. The number of hydrogen-bond acceptors (Lipinski definition) is 4. The van der Waals surface area contributed by atoms with E-state index in [9.17, 15) is 4.79 Å². The number of carbonyl (C=O) groups excluding carboxylic acids is 1. The van der Waals surface area contributed by atoms with Gasteiger partial charge in [0.1, 0.15) is 0 Å². The van der Waals surface area contributed by atoms with E-state index >= 15 is 0 Å². The minimum absolute atomic E-state index is 0.0615. The summed E-state index contributed by atoms with van der Waals surface area (Å²) in [6.07, 6.45) is 5.62. The van der Waals surface area contributed by atoms with Gasteiger partial charge in [-0.25, -0.2) is 0 Å². The van der Waals surface area contributed by atoms with Gasteiger partial charge >= 0.3 is 0 Å². The first-order valence-corrected chi connectivity index (χ1v) is 9.09. The lowest BCUT2D eigenvalue weighted by Gasteiger charge is -2.14. The number of aromatic nitrogens is 3. The van der Waals surface area contributed by atoms with Gasteiger partial charge in [-0.1, -0.05) is 13.0 Å². The van der Waals surface area contributed by atoms with E-state index in [0.29, 0.717) is 26.0 Å². The van der Waals surface area contributed by atoms with Gasteiger partial charge in [-0.15, -0.1) is 0 Å². The summed E-state index contributed by atoms with van der Waals surface area (Å²) < 4.78 is 7.69. The number of nitrogens with one attached hydrogen (secondary N) is 1. The van der Waals surface area contributed by atoms with Crippen molar-refractivity contribution in [3.05, 3.63) is 47.0 Å². The summed E-state index contributed by atoms with van der Waals surface area (Å²) in [6, 6.07) is 5.82. The predicted molar refractivity (Wildman–Crippen MR) is 95.1 cm³/mol. The van der Waals surface area contributed by atoms with E-state index in [1.165, 1.54) is 11.3 Å². The van der Waals surface area contributed by atoms with Gasteiger partial charge in [-0.05, 0) is 18.6 Å². The molecule has 0 bridgehead atoms. The van der Waals surface area contributed by atoms with Crippen molar-refractivity contribution in [1.29, 1.82) is 0 Å². The molecule has 3 heterocycles. The molecule has 0 saturated carbocycles. The quantitative estimate of drug-likeness (QED) is 0.797. The van der Waals surface area contributed by atoms with Crippen LogP contribution in [0.15, 0.2) is 24.4 Å². The third-order valence-electron chi connectivity index (χ3n) is 4.43. The van der Waals surface area contributed by atoms with Gasteiger partial charge in [0.2, 0.25) is 5.91 Å². The monoisotopic (exact) mass is 342 g/mol. The van der Waals surface area contributed by atoms with E-state index < -0.39 is 0 Å². The molecule has 1 aliphatic rings. The molecule has 0 spiro atoms. The summed E-state index contributed by atoms with van der Waals surface area (Å²) in [5.74, 6) is 0.0615. The van der Waals surface area contributed by atoms with Crippen LogP contribution < -0.4 is 5.32 Å². The summed E-state index contributed by atoms with van der Waals surface area (Å²) in [5.41, 5.74) is 4.50. The topological polar surface area (TPSA) is 69.0 Å². The second-order valence-corrected chi connectivity index (χ2v) is 6.32. The molecular formula is C19H26N4O2. The van der Waals surface area contributed by atoms with Crippen molar-refractivity contribution in [2.45, 2.75) is 52.2 Å². The molecule has 0 radical (unpaired) electrons. The molecule has 3 rings (SSSR count). The SMILES string of the molecule is CCCn1nc(CCC(=O)NCCc2ccccn2)c2c1CCOC2. The molecule has 2 aromatic heterocycles. The van der Waals surface area contributed by atoms with Crippen LogP contribution in [0.3, 0.4) is 0 Å². The van der Waals surface area contributed by atoms with Crippen molar-refractivity contribution in [3.8, 4) is 0 Å². The van der Waals surface area contributed by atoms with Crippen LogP contribution in [-0.2, 0) is 41.9 Å². The smallest absolute Gasteiger partial charge is 0.220 e. The molecule has 2 aromatic rings. The van der Waals surface area contributed by atoms with Crippen LogP contribution >= 0.6 is 0 Å². The van der Waals surface area contributed by atoms with E-state index in [1.54, 1.807) is 6.20 Å². The molecule has 0 unspecified atom stereocenters. The first kappa shape index (κ1) is 17.6. The van der Waals surface area contributed by atoms with Crippen LogP contribution in [-0.4, -0.2) is 33.8 Å². The highest BCUT2D eigenvalue weighted by atomic mass is 16.5. The van der Waals surface area contributed by atoms with Crippen LogP contribution in [0.25, 0.3) is 0 Å². The Kier molecular flexibility index (Phi) is 6.17. The van der Waals surface area contributed by atoms with E-state index in [4.69, 9.17) is 9.84 Å². The van der Waals surface area contributed by atoms with Crippen molar-refractivity contribution in [2.24, 2.45) is 0 Å². The fourth-order valence-electron chi connectivity index (χ4n) is 3.17. The Balaban J connectivity index is 1.50. The maximum absolute atomic E-state index is 12.1. The molecular weight excluding hydrogens is 316 g/mol. The summed E-state index contributed by atoms with van der Waals surface area (Å²) >= 11 is 0. The van der Waals surface area contributed by atoms with Gasteiger partial charge < -0.3 is 10.1 Å². The molecule has 25 heavy (non-hydrogen) atoms. The first-order chi connectivity index (χ1) is 12.3. The van der Waals surface area contributed by atoms with Crippen molar-refractivity contribution < 1.29 is 9.53 Å². The average Bonchev–Trinajstić information content (AvgIpc) is 2.99. The van der Waals surface area contributed by atoms with Gasteiger partial charge in [-0.2, -0.15) is 5.10 Å². The minimum atomic E-state index is 0.0615. The number of aryl methyl sites for hydroxylation is 2. The molecule has 1 aliphatic heterocycles. The maximum atomic E-state index is 12.1. The minimum Gasteiger partial charge on any atom is -0.376 e. The number of carbonyl (C=O) groups is 1. The van der Waals surface area contributed by atoms with Gasteiger partial charge in [0, 0.05) is 61.9 Å². The number of pyridine rings is 1. The number of hydrogen-bond donors (Lipinski definition) is 1. The number of nitrogens with zero attached hydrogens (tertiary/aromatic N) is 3. The van der Waals surface area contributed by atoms with Gasteiger partial charge in [0.25, 0.3) is 0 Å². The summed E-state index contributed by atoms with van der Waals surface area (Å²) in [7, 11) is 0. The standard InChI is InChI=1S/C19H26N4O2/c1-2-12-23-18-9-13-25-14-16(18)17(22-23)6-7-19(24)21-11-8-15-5-3-4-10-20-15/h3-5,10H,2,6-9,11-14H2,1H3,(H,21,24). The van der Waals surface area contributed by atoms with Crippen LogP contribution in [0.4, 0.5) is 0 Å². The molecule has 6 nitrogen and oxygen atoms in total. The third kappa shape index (κ3) is 4.66. The highest BCUT2D eigenvalue weighted by Gasteiger charge is 2.21. The van der Waals surface area contributed by atoms with Crippen LogP contribution in [0.5, 0.6) is 0 Å². The average molecular weight is 342 g/mol. The van der Waals surface area contributed by atoms with Crippen molar-refractivity contribution in [1.82, 2.24) is 20.1 Å².